The molecule has 0 N–H and O–H groups in total. The highest BCUT2D eigenvalue weighted by Gasteiger charge is 2.33. The zero-order valence-electron chi connectivity index (χ0n) is 20.4. The molecular formula is C28H30FN3O3S. The first-order valence-corrected chi connectivity index (χ1v) is 13.1. The van der Waals surface area contributed by atoms with Crippen LogP contribution in [0.25, 0.3) is 0 Å². The lowest BCUT2D eigenvalue weighted by atomic mass is 9.93. The summed E-state index contributed by atoms with van der Waals surface area (Å²) >= 11 is 1.72. The maximum absolute atomic E-state index is 14.0. The van der Waals surface area contributed by atoms with Crippen molar-refractivity contribution in [3.8, 4) is 5.75 Å². The van der Waals surface area contributed by atoms with Crippen molar-refractivity contribution in [2.45, 2.75) is 18.9 Å². The maximum Gasteiger partial charge on any atom is 0.236 e. The number of carbonyl (C=O) groups is 2. The molecule has 6 nitrogen and oxygen atoms in total. The third-order valence-electron chi connectivity index (χ3n) is 7.07. The Hall–Kier alpha value is -3.23. The summed E-state index contributed by atoms with van der Waals surface area (Å²) in [5.74, 6) is 0.621. The van der Waals surface area contributed by atoms with Gasteiger partial charge in [0.1, 0.15) is 11.6 Å². The molecule has 2 amide bonds. The van der Waals surface area contributed by atoms with Crippen molar-refractivity contribution in [3.05, 3.63) is 87.4 Å². The average Bonchev–Trinajstić information content (AvgIpc) is 3.38. The third kappa shape index (κ3) is 5.29. The second kappa shape index (κ2) is 10.8. The maximum atomic E-state index is 14.0. The van der Waals surface area contributed by atoms with E-state index in [0.717, 1.165) is 29.8 Å². The molecule has 1 fully saturated rings. The monoisotopic (exact) mass is 507 g/mol. The fourth-order valence-corrected chi connectivity index (χ4v) is 6.02. The lowest BCUT2D eigenvalue weighted by Gasteiger charge is -2.39. The van der Waals surface area contributed by atoms with Crippen molar-refractivity contribution in [3.63, 3.8) is 0 Å². The number of thiophene rings is 1. The Morgan fingerprint density at radius 2 is 1.69 bits per heavy atom. The van der Waals surface area contributed by atoms with Gasteiger partial charge in [0.2, 0.25) is 11.8 Å². The molecule has 1 saturated heterocycles. The summed E-state index contributed by atoms with van der Waals surface area (Å²) in [4.78, 5) is 33.2. The molecule has 188 valence electrons. The van der Waals surface area contributed by atoms with E-state index in [9.17, 15) is 14.0 Å². The summed E-state index contributed by atoms with van der Waals surface area (Å²) in [5.41, 5.74) is 2.98. The highest BCUT2D eigenvalue weighted by Crippen LogP contribution is 2.37. The SMILES string of the molecule is COc1ccc(CC(=O)N2CCN(C(=O)CN3CCc4sccc4[C@@H]3c3cccc(F)c3)CC2)cc1. The zero-order valence-corrected chi connectivity index (χ0v) is 21.2. The highest BCUT2D eigenvalue weighted by atomic mass is 32.1. The number of halogens is 1. The van der Waals surface area contributed by atoms with Crippen molar-refractivity contribution in [2.75, 3.05) is 46.4 Å². The Balaban J connectivity index is 1.20. The zero-order chi connectivity index (χ0) is 25.1. The van der Waals surface area contributed by atoms with E-state index in [1.807, 2.05) is 40.1 Å². The van der Waals surface area contributed by atoms with Gasteiger partial charge in [0.05, 0.1) is 26.1 Å². The van der Waals surface area contributed by atoms with E-state index in [0.29, 0.717) is 32.6 Å². The molecule has 8 heteroatoms. The Labute approximate surface area is 214 Å². The molecule has 0 unspecified atom stereocenters. The number of fused-ring (bicyclic) bond motifs is 1. The van der Waals surface area contributed by atoms with Gasteiger partial charge in [-0.3, -0.25) is 14.5 Å². The van der Waals surface area contributed by atoms with Crippen LogP contribution in [0.15, 0.2) is 60.0 Å². The molecule has 0 bridgehead atoms. The number of carbonyl (C=O) groups excluding carboxylic acids is 2. The third-order valence-corrected chi connectivity index (χ3v) is 8.06. The van der Waals surface area contributed by atoms with Crippen molar-refractivity contribution >= 4 is 23.2 Å². The lowest BCUT2D eigenvalue weighted by molar-refractivity contribution is -0.140. The number of nitrogens with zero attached hydrogens (tertiary/aromatic N) is 3. The van der Waals surface area contributed by atoms with E-state index < -0.39 is 0 Å². The summed E-state index contributed by atoms with van der Waals surface area (Å²) in [6, 6.07) is 16.2. The predicted molar refractivity (Wildman–Crippen MR) is 138 cm³/mol. The predicted octanol–water partition coefficient (Wildman–Crippen LogP) is 3.76. The van der Waals surface area contributed by atoms with Gasteiger partial charge in [-0.15, -0.1) is 11.3 Å². The fourth-order valence-electron chi connectivity index (χ4n) is 5.11. The first-order chi connectivity index (χ1) is 17.5. The summed E-state index contributed by atoms with van der Waals surface area (Å²) in [6.45, 7) is 3.13. The molecule has 0 aliphatic carbocycles. The molecule has 3 aromatic rings. The van der Waals surface area contributed by atoms with E-state index >= 15 is 0 Å². The Kier molecular flexibility index (Phi) is 7.34. The topological polar surface area (TPSA) is 53.1 Å². The summed E-state index contributed by atoms with van der Waals surface area (Å²) < 4.78 is 19.2. The van der Waals surface area contributed by atoms with Crippen LogP contribution in [0.3, 0.4) is 0 Å². The first kappa shape index (κ1) is 24.5. The molecule has 0 radical (unpaired) electrons. The lowest BCUT2D eigenvalue weighted by Crippen LogP contribution is -2.53. The molecule has 5 rings (SSSR count). The van der Waals surface area contributed by atoms with E-state index in [1.54, 1.807) is 30.6 Å². The second-order valence-electron chi connectivity index (χ2n) is 9.26. The summed E-state index contributed by atoms with van der Waals surface area (Å²) in [7, 11) is 1.62. The number of amides is 2. The number of benzene rings is 2. The van der Waals surface area contributed by atoms with Crippen molar-refractivity contribution in [2.24, 2.45) is 0 Å². The van der Waals surface area contributed by atoms with Gasteiger partial charge in [0.15, 0.2) is 0 Å². The number of ether oxygens (including phenoxy) is 1. The summed E-state index contributed by atoms with van der Waals surface area (Å²) in [5, 5.41) is 2.07. The van der Waals surface area contributed by atoms with Gasteiger partial charge in [0.25, 0.3) is 0 Å². The molecule has 0 spiro atoms. The Morgan fingerprint density at radius 3 is 2.39 bits per heavy atom. The van der Waals surface area contributed by atoms with Crippen molar-refractivity contribution in [1.29, 1.82) is 0 Å². The highest BCUT2D eigenvalue weighted by molar-refractivity contribution is 7.10. The molecular weight excluding hydrogens is 477 g/mol. The van der Waals surface area contributed by atoms with Crippen LogP contribution in [-0.4, -0.2) is 72.9 Å². The second-order valence-corrected chi connectivity index (χ2v) is 10.3. The average molecular weight is 508 g/mol. The van der Waals surface area contributed by atoms with E-state index in [4.69, 9.17) is 4.74 Å². The van der Waals surface area contributed by atoms with Gasteiger partial charge in [0, 0.05) is 37.6 Å². The molecule has 36 heavy (non-hydrogen) atoms. The van der Waals surface area contributed by atoms with E-state index in [1.165, 1.54) is 16.5 Å². The largest absolute Gasteiger partial charge is 0.497 e. The van der Waals surface area contributed by atoms with Crippen LogP contribution in [-0.2, 0) is 22.4 Å². The van der Waals surface area contributed by atoms with Crippen LogP contribution >= 0.6 is 11.3 Å². The molecule has 2 aliphatic rings. The molecule has 3 heterocycles. The molecule has 2 aliphatic heterocycles. The van der Waals surface area contributed by atoms with E-state index in [-0.39, 0.29) is 30.2 Å². The van der Waals surface area contributed by atoms with Crippen LogP contribution in [0, 0.1) is 5.82 Å². The van der Waals surface area contributed by atoms with Gasteiger partial charge in [-0.1, -0.05) is 24.3 Å². The van der Waals surface area contributed by atoms with Crippen molar-refractivity contribution < 1.29 is 18.7 Å². The number of piperazine rings is 1. The van der Waals surface area contributed by atoms with Gasteiger partial charge >= 0.3 is 0 Å². The van der Waals surface area contributed by atoms with Crippen molar-refractivity contribution in [1.82, 2.24) is 14.7 Å². The van der Waals surface area contributed by atoms with Gasteiger partial charge < -0.3 is 14.5 Å². The van der Waals surface area contributed by atoms with Gasteiger partial charge in [-0.05, 0) is 58.8 Å². The van der Waals surface area contributed by atoms with Gasteiger partial charge in [-0.25, -0.2) is 4.39 Å². The fraction of sp³-hybridized carbons (Fsp3) is 0.357. The summed E-state index contributed by atoms with van der Waals surface area (Å²) in [6.07, 6.45) is 1.23. The van der Waals surface area contributed by atoms with Crippen LogP contribution < -0.4 is 4.74 Å². The normalized spacial score (nSPS) is 18.1. The molecule has 1 aromatic heterocycles. The number of methoxy groups -OCH3 is 1. The quantitative estimate of drug-likeness (QED) is 0.510. The molecule has 0 saturated carbocycles. The Morgan fingerprint density at radius 1 is 0.972 bits per heavy atom. The minimum atomic E-state index is -0.267. The smallest absolute Gasteiger partial charge is 0.236 e. The van der Waals surface area contributed by atoms with Crippen LogP contribution in [0.4, 0.5) is 4.39 Å². The number of hydrogen-bond acceptors (Lipinski definition) is 5. The molecule has 1 atom stereocenters. The van der Waals surface area contributed by atoms with Crippen LogP contribution in [0.5, 0.6) is 5.75 Å². The first-order valence-electron chi connectivity index (χ1n) is 12.3. The Bertz CT molecular complexity index is 1220. The van der Waals surface area contributed by atoms with Crippen LogP contribution in [0.2, 0.25) is 0 Å². The van der Waals surface area contributed by atoms with Gasteiger partial charge in [-0.2, -0.15) is 0 Å². The van der Waals surface area contributed by atoms with E-state index in [2.05, 4.69) is 16.3 Å². The number of hydrogen-bond donors (Lipinski definition) is 0. The number of rotatable bonds is 6. The molecule has 2 aromatic carbocycles. The minimum absolute atomic E-state index is 0.0531. The van der Waals surface area contributed by atoms with Crippen LogP contribution in [0.1, 0.15) is 27.6 Å². The standard InChI is InChI=1S/C28H30FN3O3S/c1-35-23-7-5-20(6-8-23)17-26(33)30-12-14-31(15-13-30)27(34)19-32-11-9-25-24(10-16-36-25)28(32)21-3-2-4-22(29)18-21/h2-8,10,16,18,28H,9,11-15,17,19H2,1H3/t28-/m0/s1. The minimum Gasteiger partial charge on any atom is -0.497 e.